The molecule has 1 amide bonds. The fourth-order valence-corrected chi connectivity index (χ4v) is 2.35. The predicted molar refractivity (Wildman–Crippen MR) is 41.7 cm³/mol. The molecule has 0 aromatic heterocycles. The van der Waals surface area contributed by atoms with E-state index in [0.717, 1.165) is 12.8 Å². The summed E-state index contributed by atoms with van der Waals surface area (Å²) in [5, 5.41) is 8.87. The van der Waals surface area contributed by atoms with Crippen LogP contribution in [-0.2, 0) is 14.3 Å². The standard InChI is InChI=1S/C8H11NO4/c9-7(10)5-3-1-2-4(13-3)6(5)8(11)12/h3-6H,1-2H2,(H2,9,10)(H,11,12)/t3-,4-,5-,6-/m1/s1. The van der Waals surface area contributed by atoms with Crippen molar-refractivity contribution in [1.82, 2.24) is 0 Å². The van der Waals surface area contributed by atoms with E-state index in [2.05, 4.69) is 0 Å². The molecule has 2 bridgehead atoms. The summed E-state index contributed by atoms with van der Waals surface area (Å²) in [7, 11) is 0. The number of ether oxygens (including phenoxy) is 1. The molecule has 0 radical (unpaired) electrons. The van der Waals surface area contributed by atoms with Gasteiger partial charge in [-0.3, -0.25) is 9.59 Å². The van der Waals surface area contributed by atoms with Gasteiger partial charge in [0.15, 0.2) is 0 Å². The maximum Gasteiger partial charge on any atom is 0.310 e. The number of hydrogen-bond acceptors (Lipinski definition) is 3. The SMILES string of the molecule is NC(=O)[C@H]1[C@H](C(=O)O)[C@H]2CC[C@H]1O2. The first kappa shape index (κ1) is 8.50. The molecule has 2 rings (SSSR count). The average Bonchev–Trinajstić information content (AvgIpc) is 2.60. The van der Waals surface area contributed by atoms with Crippen LogP contribution in [0.5, 0.6) is 0 Å². The second-order valence-electron chi connectivity index (χ2n) is 3.58. The second-order valence-corrected chi connectivity index (χ2v) is 3.58. The molecule has 2 saturated heterocycles. The van der Waals surface area contributed by atoms with Crippen molar-refractivity contribution in [2.75, 3.05) is 0 Å². The number of fused-ring (bicyclic) bond motifs is 2. The minimum Gasteiger partial charge on any atom is -0.481 e. The molecule has 0 aliphatic carbocycles. The van der Waals surface area contributed by atoms with Crippen molar-refractivity contribution >= 4 is 11.9 Å². The van der Waals surface area contributed by atoms with Crippen LogP contribution < -0.4 is 5.73 Å². The number of carboxylic acids is 1. The summed E-state index contributed by atoms with van der Waals surface area (Å²) in [6.45, 7) is 0. The zero-order chi connectivity index (χ0) is 9.59. The van der Waals surface area contributed by atoms with Gasteiger partial charge in [-0.1, -0.05) is 0 Å². The van der Waals surface area contributed by atoms with E-state index in [1.54, 1.807) is 0 Å². The van der Waals surface area contributed by atoms with E-state index >= 15 is 0 Å². The van der Waals surface area contributed by atoms with E-state index in [9.17, 15) is 9.59 Å². The smallest absolute Gasteiger partial charge is 0.310 e. The topological polar surface area (TPSA) is 89.6 Å². The molecule has 0 aromatic rings. The quantitative estimate of drug-likeness (QED) is 0.598. The number of carbonyl (C=O) groups is 2. The monoisotopic (exact) mass is 185 g/mol. The summed E-state index contributed by atoms with van der Waals surface area (Å²) in [6, 6.07) is 0. The Hall–Kier alpha value is -1.10. The van der Waals surface area contributed by atoms with Crippen molar-refractivity contribution in [3.63, 3.8) is 0 Å². The predicted octanol–water partition coefficient (Wildman–Crippen LogP) is -0.650. The largest absolute Gasteiger partial charge is 0.481 e. The molecule has 2 aliphatic rings. The molecule has 5 heteroatoms. The maximum atomic E-state index is 11.0. The Balaban J connectivity index is 2.24. The number of carboxylic acid groups (broad SMARTS) is 1. The molecule has 4 atom stereocenters. The van der Waals surface area contributed by atoms with Crippen molar-refractivity contribution in [1.29, 1.82) is 0 Å². The summed E-state index contributed by atoms with van der Waals surface area (Å²) in [6.07, 6.45) is 0.914. The van der Waals surface area contributed by atoms with Crippen LogP contribution in [0, 0.1) is 11.8 Å². The molecule has 2 fully saturated rings. The zero-order valence-electron chi connectivity index (χ0n) is 6.97. The maximum absolute atomic E-state index is 11.0. The van der Waals surface area contributed by atoms with Crippen LogP contribution in [0.25, 0.3) is 0 Å². The molecule has 72 valence electrons. The molecule has 0 unspecified atom stereocenters. The highest BCUT2D eigenvalue weighted by Gasteiger charge is 2.54. The minimum absolute atomic E-state index is 0.261. The lowest BCUT2D eigenvalue weighted by Crippen LogP contribution is -2.41. The van der Waals surface area contributed by atoms with Gasteiger partial charge in [0, 0.05) is 0 Å². The number of nitrogens with two attached hydrogens (primary N) is 1. The van der Waals surface area contributed by atoms with Crippen LogP contribution >= 0.6 is 0 Å². The number of hydrogen-bond donors (Lipinski definition) is 2. The van der Waals surface area contributed by atoms with Gasteiger partial charge in [0.05, 0.1) is 24.0 Å². The summed E-state index contributed by atoms with van der Waals surface area (Å²) in [5.41, 5.74) is 5.13. The van der Waals surface area contributed by atoms with Gasteiger partial charge >= 0.3 is 5.97 Å². The molecule has 2 aliphatic heterocycles. The minimum atomic E-state index is -0.976. The molecular formula is C8H11NO4. The third-order valence-electron chi connectivity index (χ3n) is 2.89. The first-order valence-electron chi connectivity index (χ1n) is 4.29. The molecule has 3 N–H and O–H groups in total. The third kappa shape index (κ3) is 1.11. The molecule has 5 nitrogen and oxygen atoms in total. The second kappa shape index (κ2) is 2.70. The van der Waals surface area contributed by atoms with Crippen LogP contribution in [0.2, 0.25) is 0 Å². The molecule has 0 saturated carbocycles. The van der Waals surface area contributed by atoms with Crippen LogP contribution in [0.4, 0.5) is 0 Å². The number of carbonyl (C=O) groups excluding carboxylic acids is 1. The third-order valence-corrected chi connectivity index (χ3v) is 2.89. The lowest BCUT2D eigenvalue weighted by atomic mass is 9.79. The van der Waals surface area contributed by atoms with Gasteiger partial charge in [-0.05, 0) is 12.8 Å². The highest BCUT2D eigenvalue weighted by atomic mass is 16.5. The summed E-state index contributed by atoms with van der Waals surface area (Å²) < 4.78 is 5.34. The van der Waals surface area contributed by atoms with Crippen molar-refractivity contribution in [2.24, 2.45) is 17.6 Å². The first-order chi connectivity index (χ1) is 6.11. The van der Waals surface area contributed by atoms with E-state index in [1.165, 1.54) is 0 Å². The van der Waals surface area contributed by atoms with E-state index in [1.807, 2.05) is 0 Å². The normalized spacial score (nSPS) is 42.2. The fraction of sp³-hybridized carbons (Fsp3) is 0.750. The molecular weight excluding hydrogens is 174 g/mol. The van der Waals surface area contributed by atoms with Crippen LogP contribution in [0.15, 0.2) is 0 Å². The van der Waals surface area contributed by atoms with Crippen molar-refractivity contribution in [3.8, 4) is 0 Å². The summed E-state index contributed by atoms with van der Waals surface area (Å²) >= 11 is 0. The molecule has 0 aromatic carbocycles. The Morgan fingerprint density at radius 2 is 1.77 bits per heavy atom. The van der Waals surface area contributed by atoms with E-state index < -0.39 is 23.7 Å². The molecule has 13 heavy (non-hydrogen) atoms. The van der Waals surface area contributed by atoms with Crippen LogP contribution in [0.3, 0.4) is 0 Å². The van der Waals surface area contributed by atoms with Gasteiger partial charge in [-0.15, -0.1) is 0 Å². The molecule has 2 heterocycles. The van der Waals surface area contributed by atoms with Crippen LogP contribution in [0.1, 0.15) is 12.8 Å². The van der Waals surface area contributed by atoms with E-state index in [4.69, 9.17) is 15.6 Å². The van der Waals surface area contributed by atoms with E-state index in [0.29, 0.717) is 0 Å². The van der Waals surface area contributed by atoms with Crippen molar-refractivity contribution in [2.45, 2.75) is 25.0 Å². The van der Waals surface area contributed by atoms with Gasteiger partial charge in [0.1, 0.15) is 0 Å². The Kier molecular flexibility index (Phi) is 1.76. The highest BCUT2D eigenvalue weighted by molar-refractivity contribution is 5.85. The van der Waals surface area contributed by atoms with Gasteiger partial charge in [0.25, 0.3) is 0 Å². The summed E-state index contributed by atoms with van der Waals surface area (Å²) in [5.74, 6) is -2.89. The first-order valence-corrected chi connectivity index (χ1v) is 4.29. The highest BCUT2D eigenvalue weighted by Crippen LogP contribution is 2.43. The lowest BCUT2D eigenvalue weighted by molar-refractivity contribution is -0.147. The fourth-order valence-electron chi connectivity index (χ4n) is 2.35. The van der Waals surface area contributed by atoms with Gasteiger partial charge in [0.2, 0.25) is 5.91 Å². The van der Waals surface area contributed by atoms with Gasteiger partial charge < -0.3 is 15.6 Å². The Morgan fingerprint density at radius 3 is 2.15 bits per heavy atom. The van der Waals surface area contributed by atoms with Crippen molar-refractivity contribution < 1.29 is 19.4 Å². The number of aliphatic carboxylic acids is 1. The average molecular weight is 185 g/mol. The summed E-state index contributed by atoms with van der Waals surface area (Å²) in [4.78, 5) is 21.8. The Bertz CT molecular complexity index is 239. The lowest BCUT2D eigenvalue weighted by Gasteiger charge is -2.21. The zero-order valence-corrected chi connectivity index (χ0v) is 6.97. The van der Waals surface area contributed by atoms with Crippen LogP contribution in [-0.4, -0.2) is 29.2 Å². The van der Waals surface area contributed by atoms with Gasteiger partial charge in [-0.25, -0.2) is 0 Å². The van der Waals surface area contributed by atoms with Gasteiger partial charge in [-0.2, -0.15) is 0 Å². The van der Waals surface area contributed by atoms with Crippen molar-refractivity contribution in [3.05, 3.63) is 0 Å². The number of amides is 1. The number of rotatable bonds is 2. The number of primary amides is 1. The van der Waals surface area contributed by atoms with E-state index in [-0.39, 0.29) is 12.2 Å². The Morgan fingerprint density at radius 1 is 1.23 bits per heavy atom. The molecule has 0 spiro atoms. The Labute approximate surface area is 74.9 Å².